The largest absolute Gasteiger partial charge is 0.352 e. The lowest BCUT2D eigenvalue weighted by atomic mass is 10.1. The van der Waals surface area contributed by atoms with Gasteiger partial charge in [-0.3, -0.25) is 4.79 Å². The molecule has 0 heterocycles. The Kier molecular flexibility index (Phi) is 4.23. The van der Waals surface area contributed by atoms with E-state index in [9.17, 15) is 13.6 Å². The van der Waals surface area contributed by atoms with E-state index in [-0.39, 0.29) is 30.5 Å². The van der Waals surface area contributed by atoms with Gasteiger partial charge < -0.3 is 5.32 Å². The zero-order chi connectivity index (χ0) is 13.7. The second-order valence-electron chi connectivity index (χ2n) is 4.21. The Hall–Kier alpha value is -2.23. The van der Waals surface area contributed by atoms with Crippen molar-refractivity contribution in [2.75, 3.05) is 0 Å². The maximum Gasteiger partial charge on any atom is 0.224 e. The first kappa shape index (κ1) is 13.2. The fraction of sp³-hybridized carbons (Fsp3) is 0.133. The summed E-state index contributed by atoms with van der Waals surface area (Å²) in [5.74, 6) is -0.929. The summed E-state index contributed by atoms with van der Waals surface area (Å²) in [6, 6.07) is 11.9. The van der Waals surface area contributed by atoms with Gasteiger partial charge in [0.2, 0.25) is 5.91 Å². The van der Waals surface area contributed by atoms with Crippen LogP contribution in [0.25, 0.3) is 0 Å². The molecule has 0 aromatic heterocycles. The van der Waals surface area contributed by atoms with Crippen LogP contribution in [0.5, 0.6) is 0 Å². The van der Waals surface area contributed by atoms with Crippen LogP contribution in [-0.2, 0) is 17.8 Å². The Morgan fingerprint density at radius 1 is 0.947 bits per heavy atom. The monoisotopic (exact) mass is 261 g/mol. The number of nitrogens with one attached hydrogen (secondary N) is 1. The first-order valence-corrected chi connectivity index (χ1v) is 5.89. The van der Waals surface area contributed by atoms with Crippen LogP contribution in [0, 0.1) is 11.6 Å². The minimum Gasteiger partial charge on any atom is -0.352 e. The summed E-state index contributed by atoms with van der Waals surface area (Å²) in [4.78, 5) is 11.7. The van der Waals surface area contributed by atoms with Crippen LogP contribution in [0.2, 0.25) is 0 Å². The molecule has 0 saturated carbocycles. The number of hydrogen-bond acceptors (Lipinski definition) is 1. The van der Waals surface area contributed by atoms with Crippen LogP contribution in [0.15, 0.2) is 48.5 Å². The first-order valence-electron chi connectivity index (χ1n) is 5.89. The van der Waals surface area contributed by atoms with Crippen molar-refractivity contribution >= 4 is 5.91 Å². The molecule has 0 saturated heterocycles. The zero-order valence-corrected chi connectivity index (χ0v) is 10.2. The van der Waals surface area contributed by atoms with Gasteiger partial charge in [0.1, 0.15) is 11.6 Å². The molecule has 0 aliphatic rings. The summed E-state index contributed by atoms with van der Waals surface area (Å²) in [5, 5.41) is 2.67. The quantitative estimate of drug-likeness (QED) is 0.901. The third kappa shape index (κ3) is 4.17. The molecule has 0 atom stereocenters. The number of rotatable bonds is 4. The van der Waals surface area contributed by atoms with Crippen LogP contribution in [0.4, 0.5) is 8.78 Å². The van der Waals surface area contributed by atoms with E-state index in [4.69, 9.17) is 0 Å². The van der Waals surface area contributed by atoms with Crippen molar-refractivity contribution in [2.45, 2.75) is 13.0 Å². The molecule has 0 aliphatic heterocycles. The molecule has 0 bridgehead atoms. The molecule has 2 nitrogen and oxygen atoms in total. The molecule has 0 radical (unpaired) electrons. The number of hydrogen-bond donors (Lipinski definition) is 1. The molecule has 2 aromatic carbocycles. The summed E-state index contributed by atoms with van der Waals surface area (Å²) >= 11 is 0. The molecule has 1 N–H and O–H groups in total. The highest BCUT2D eigenvalue weighted by molar-refractivity contribution is 5.78. The van der Waals surface area contributed by atoms with Crippen molar-refractivity contribution in [1.82, 2.24) is 5.32 Å². The number of benzene rings is 2. The third-order valence-corrected chi connectivity index (χ3v) is 2.63. The van der Waals surface area contributed by atoms with E-state index in [0.29, 0.717) is 11.1 Å². The van der Waals surface area contributed by atoms with Gasteiger partial charge in [-0.05, 0) is 35.4 Å². The van der Waals surface area contributed by atoms with Gasteiger partial charge >= 0.3 is 0 Å². The number of halogens is 2. The molecular weight excluding hydrogens is 248 g/mol. The minimum absolute atomic E-state index is 0.104. The van der Waals surface area contributed by atoms with Gasteiger partial charge in [0.05, 0.1) is 6.42 Å². The molecule has 19 heavy (non-hydrogen) atoms. The lowest BCUT2D eigenvalue weighted by Crippen LogP contribution is -2.24. The summed E-state index contributed by atoms with van der Waals surface area (Å²) < 4.78 is 25.9. The van der Waals surface area contributed by atoms with Crippen LogP contribution in [0.3, 0.4) is 0 Å². The summed E-state index contributed by atoms with van der Waals surface area (Å²) in [6.45, 7) is 0.256. The second kappa shape index (κ2) is 6.09. The number of amides is 1. The zero-order valence-electron chi connectivity index (χ0n) is 10.2. The van der Waals surface area contributed by atoms with Crippen LogP contribution < -0.4 is 5.32 Å². The van der Waals surface area contributed by atoms with Crippen LogP contribution >= 0.6 is 0 Å². The Morgan fingerprint density at radius 2 is 1.53 bits per heavy atom. The molecule has 4 heteroatoms. The van der Waals surface area contributed by atoms with Gasteiger partial charge in [-0.2, -0.15) is 0 Å². The fourth-order valence-corrected chi connectivity index (χ4v) is 1.74. The lowest BCUT2D eigenvalue weighted by Gasteiger charge is -2.05. The van der Waals surface area contributed by atoms with Crippen molar-refractivity contribution in [3.63, 3.8) is 0 Å². The van der Waals surface area contributed by atoms with E-state index in [1.165, 1.54) is 24.3 Å². The topological polar surface area (TPSA) is 29.1 Å². The van der Waals surface area contributed by atoms with E-state index in [2.05, 4.69) is 5.32 Å². The summed E-state index contributed by atoms with van der Waals surface area (Å²) in [7, 11) is 0. The number of carbonyl (C=O) groups is 1. The molecule has 1 amide bonds. The van der Waals surface area contributed by atoms with Gasteiger partial charge in [-0.1, -0.05) is 24.3 Å². The molecular formula is C15H13F2NO. The SMILES string of the molecule is O=C(Cc1cccc(F)c1)NCc1cccc(F)c1. The normalized spacial score (nSPS) is 10.2. The fourth-order valence-electron chi connectivity index (χ4n) is 1.74. The summed E-state index contributed by atoms with van der Waals surface area (Å²) in [5.41, 5.74) is 1.30. The molecule has 0 aliphatic carbocycles. The molecule has 0 fully saturated rings. The second-order valence-corrected chi connectivity index (χ2v) is 4.21. The van der Waals surface area contributed by atoms with Gasteiger partial charge in [0.15, 0.2) is 0 Å². The van der Waals surface area contributed by atoms with Crippen molar-refractivity contribution in [3.8, 4) is 0 Å². The van der Waals surface area contributed by atoms with E-state index >= 15 is 0 Å². The summed E-state index contributed by atoms with van der Waals surface area (Å²) in [6.07, 6.45) is 0.104. The first-order chi connectivity index (χ1) is 9.13. The van der Waals surface area contributed by atoms with E-state index in [1.54, 1.807) is 24.3 Å². The van der Waals surface area contributed by atoms with Crippen molar-refractivity contribution in [2.24, 2.45) is 0 Å². The van der Waals surface area contributed by atoms with Gasteiger partial charge in [-0.15, -0.1) is 0 Å². The maximum absolute atomic E-state index is 12.9. The van der Waals surface area contributed by atoms with Crippen molar-refractivity contribution < 1.29 is 13.6 Å². The van der Waals surface area contributed by atoms with Gasteiger partial charge in [-0.25, -0.2) is 8.78 Å². The molecule has 98 valence electrons. The Balaban J connectivity index is 1.88. The average Bonchev–Trinajstić information content (AvgIpc) is 2.36. The number of carbonyl (C=O) groups excluding carboxylic acids is 1. The maximum atomic E-state index is 12.9. The highest BCUT2D eigenvalue weighted by Crippen LogP contribution is 2.05. The minimum atomic E-state index is -0.365. The van der Waals surface area contributed by atoms with Gasteiger partial charge in [0, 0.05) is 6.54 Å². The molecule has 2 rings (SSSR count). The predicted octanol–water partition coefficient (Wildman–Crippen LogP) is 2.82. The average molecular weight is 261 g/mol. The highest BCUT2D eigenvalue weighted by Gasteiger charge is 2.04. The van der Waals surface area contributed by atoms with E-state index in [0.717, 1.165) is 0 Å². The Bertz CT molecular complexity index is 584. The van der Waals surface area contributed by atoms with Gasteiger partial charge in [0.25, 0.3) is 0 Å². The smallest absolute Gasteiger partial charge is 0.224 e. The van der Waals surface area contributed by atoms with E-state index in [1.807, 2.05) is 0 Å². The van der Waals surface area contributed by atoms with Crippen molar-refractivity contribution in [1.29, 1.82) is 0 Å². The van der Waals surface area contributed by atoms with Crippen molar-refractivity contribution in [3.05, 3.63) is 71.3 Å². The Labute approximate surface area is 110 Å². The molecule has 0 spiro atoms. The van der Waals surface area contributed by atoms with Crippen LogP contribution in [-0.4, -0.2) is 5.91 Å². The molecule has 0 unspecified atom stereocenters. The highest BCUT2D eigenvalue weighted by atomic mass is 19.1. The Morgan fingerprint density at radius 3 is 2.16 bits per heavy atom. The lowest BCUT2D eigenvalue weighted by molar-refractivity contribution is -0.120. The standard InChI is InChI=1S/C15H13F2NO/c16-13-5-1-3-11(7-13)9-15(19)18-10-12-4-2-6-14(17)8-12/h1-8H,9-10H2,(H,18,19). The van der Waals surface area contributed by atoms with E-state index < -0.39 is 0 Å². The third-order valence-electron chi connectivity index (χ3n) is 2.63. The molecule has 2 aromatic rings. The predicted molar refractivity (Wildman–Crippen MR) is 68.4 cm³/mol. The van der Waals surface area contributed by atoms with Crippen LogP contribution in [0.1, 0.15) is 11.1 Å².